The summed E-state index contributed by atoms with van der Waals surface area (Å²) in [6.07, 6.45) is 1.53. The zero-order chi connectivity index (χ0) is 17.8. The normalized spacial score (nSPS) is 10.5. The minimum absolute atomic E-state index is 0.247. The minimum Gasteiger partial charge on any atom is -0.497 e. The van der Waals surface area contributed by atoms with Gasteiger partial charge >= 0.3 is 0 Å². The van der Waals surface area contributed by atoms with Crippen LogP contribution in [-0.2, 0) is 6.54 Å². The summed E-state index contributed by atoms with van der Waals surface area (Å²) in [5, 5.41) is 6.79. The van der Waals surface area contributed by atoms with Crippen LogP contribution < -0.4 is 10.1 Å². The molecule has 3 aromatic rings. The van der Waals surface area contributed by atoms with Gasteiger partial charge < -0.3 is 14.6 Å². The maximum absolute atomic E-state index is 12.2. The van der Waals surface area contributed by atoms with Crippen LogP contribution in [0.5, 0.6) is 5.75 Å². The van der Waals surface area contributed by atoms with Gasteiger partial charge in [-0.1, -0.05) is 17.3 Å². The minimum atomic E-state index is -0.247. The van der Waals surface area contributed by atoms with Crippen molar-refractivity contribution in [3.63, 3.8) is 0 Å². The topological polar surface area (TPSA) is 90.1 Å². The first kappa shape index (κ1) is 16.6. The van der Waals surface area contributed by atoms with E-state index in [9.17, 15) is 4.79 Å². The van der Waals surface area contributed by atoms with Gasteiger partial charge in [0.1, 0.15) is 17.3 Å². The molecule has 128 valence electrons. The zero-order valence-corrected chi connectivity index (χ0v) is 14.2. The number of aryl methyl sites for hydroxylation is 2. The molecule has 2 aromatic heterocycles. The number of nitrogens with one attached hydrogen (secondary N) is 1. The number of carbonyl (C=O) groups excluding carboxylic acids is 1. The van der Waals surface area contributed by atoms with Gasteiger partial charge in [-0.3, -0.25) is 4.79 Å². The van der Waals surface area contributed by atoms with E-state index in [1.54, 1.807) is 27.0 Å². The Morgan fingerprint density at radius 3 is 2.88 bits per heavy atom. The monoisotopic (exact) mass is 338 g/mol. The first-order valence-electron chi connectivity index (χ1n) is 7.75. The number of benzene rings is 1. The molecule has 0 aliphatic carbocycles. The van der Waals surface area contributed by atoms with Gasteiger partial charge in [-0.25, -0.2) is 9.97 Å². The lowest BCUT2D eigenvalue weighted by molar-refractivity contribution is 0.0948. The second kappa shape index (κ2) is 7.12. The van der Waals surface area contributed by atoms with Gasteiger partial charge in [0, 0.05) is 17.8 Å². The molecular weight excluding hydrogens is 320 g/mol. The summed E-state index contributed by atoms with van der Waals surface area (Å²) >= 11 is 0. The Labute approximate surface area is 145 Å². The number of ether oxygens (including phenoxy) is 1. The summed E-state index contributed by atoms with van der Waals surface area (Å²) in [6.45, 7) is 3.81. The summed E-state index contributed by atoms with van der Waals surface area (Å²) in [6, 6.07) is 9.27. The molecule has 7 nitrogen and oxygen atoms in total. The molecule has 0 aliphatic rings. The Kier molecular flexibility index (Phi) is 4.74. The van der Waals surface area contributed by atoms with E-state index >= 15 is 0 Å². The van der Waals surface area contributed by atoms with Crippen molar-refractivity contribution in [1.82, 2.24) is 20.4 Å². The second-order valence-corrected chi connectivity index (χ2v) is 5.51. The first-order valence-corrected chi connectivity index (χ1v) is 7.75. The summed E-state index contributed by atoms with van der Waals surface area (Å²) in [5.74, 6) is 1.73. The molecule has 3 rings (SSSR count). The molecule has 1 N–H and O–H groups in total. The highest BCUT2D eigenvalue weighted by Crippen LogP contribution is 2.24. The average molecular weight is 338 g/mol. The molecule has 25 heavy (non-hydrogen) atoms. The number of hydrogen-bond donors (Lipinski definition) is 1. The number of aromatic nitrogens is 3. The van der Waals surface area contributed by atoms with Crippen LogP contribution in [0, 0.1) is 13.8 Å². The molecule has 0 atom stereocenters. The van der Waals surface area contributed by atoms with E-state index in [0.717, 1.165) is 11.3 Å². The van der Waals surface area contributed by atoms with Gasteiger partial charge in [-0.15, -0.1) is 0 Å². The number of nitrogens with zero attached hydrogens (tertiary/aromatic N) is 3. The molecule has 0 unspecified atom stereocenters. The van der Waals surface area contributed by atoms with E-state index in [-0.39, 0.29) is 12.5 Å². The number of carbonyl (C=O) groups is 1. The fourth-order valence-electron chi connectivity index (χ4n) is 2.38. The third kappa shape index (κ3) is 3.82. The predicted molar refractivity (Wildman–Crippen MR) is 91.2 cm³/mol. The van der Waals surface area contributed by atoms with Gasteiger partial charge in [-0.05, 0) is 26.0 Å². The largest absolute Gasteiger partial charge is 0.497 e. The Balaban J connectivity index is 1.68. The Morgan fingerprint density at radius 1 is 1.28 bits per heavy atom. The molecule has 1 aromatic carbocycles. The van der Waals surface area contributed by atoms with Crippen LogP contribution in [0.15, 0.2) is 41.1 Å². The number of hydrogen-bond acceptors (Lipinski definition) is 6. The smallest absolute Gasteiger partial charge is 0.255 e. The number of methoxy groups -OCH3 is 1. The molecule has 2 heterocycles. The molecule has 1 amide bonds. The van der Waals surface area contributed by atoms with Crippen LogP contribution >= 0.6 is 0 Å². The van der Waals surface area contributed by atoms with Gasteiger partial charge in [-0.2, -0.15) is 0 Å². The fraction of sp³-hybridized carbons (Fsp3) is 0.222. The van der Waals surface area contributed by atoms with Crippen molar-refractivity contribution in [3.8, 4) is 17.1 Å². The molecule has 0 bridgehead atoms. The van der Waals surface area contributed by atoms with E-state index in [4.69, 9.17) is 9.26 Å². The highest BCUT2D eigenvalue weighted by molar-refractivity contribution is 5.94. The van der Waals surface area contributed by atoms with E-state index in [1.165, 1.54) is 6.20 Å². The SMILES string of the molecule is COc1cccc(-c2cc(CNC(=O)c3cnc(C)nc3C)no2)c1. The highest BCUT2D eigenvalue weighted by atomic mass is 16.5. The van der Waals surface area contributed by atoms with Crippen LogP contribution in [-0.4, -0.2) is 28.1 Å². The quantitative estimate of drug-likeness (QED) is 0.769. The highest BCUT2D eigenvalue weighted by Gasteiger charge is 2.13. The average Bonchev–Trinajstić information content (AvgIpc) is 3.09. The molecule has 0 saturated heterocycles. The van der Waals surface area contributed by atoms with E-state index in [0.29, 0.717) is 28.5 Å². The van der Waals surface area contributed by atoms with Gasteiger partial charge in [0.15, 0.2) is 5.76 Å². The standard InChI is InChI=1S/C18H18N4O3/c1-11-16(10-19-12(2)21-11)18(23)20-9-14-8-17(25-22-14)13-5-4-6-15(7-13)24-3/h4-8,10H,9H2,1-3H3,(H,20,23). The van der Waals surface area contributed by atoms with Crippen LogP contribution in [0.1, 0.15) is 27.6 Å². The summed E-state index contributed by atoms with van der Waals surface area (Å²) < 4.78 is 10.5. The second-order valence-electron chi connectivity index (χ2n) is 5.51. The van der Waals surface area contributed by atoms with Crippen molar-refractivity contribution in [2.24, 2.45) is 0 Å². The van der Waals surface area contributed by atoms with Gasteiger partial charge in [0.25, 0.3) is 5.91 Å². The molecule has 0 saturated carbocycles. The van der Waals surface area contributed by atoms with Gasteiger partial charge in [0.2, 0.25) is 0 Å². The van der Waals surface area contributed by atoms with Crippen LogP contribution in [0.2, 0.25) is 0 Å². The summed E-state index contributed by atoms with van der Waals surface area (Å²) in [7, 11) is 1.61. The van der Waals surface area contributed by atoms with Gasteiger partial charge in [0.05, 0.1) is 24.9 Å². The first-order chi connectivity index (χ1) is 12.1. The molecule has 0 fully saturated rings. The molecular formula is C18H18N4O3. The Bertz CT molecular complexity index is 905. The molecule has 7 heteroatoms. The Morgan fingerprint density at radius 2 is 2.12 bits per heavy atom. The maximum Gasteiger partial charge on any atom is 0.255 e. The lowest BCUT2D eigenvalue weighted by Gasteiger charge is -2.05. The van der Waals surface area contributed by atoms with Crippen molar-refractivity contribution >= 4 is 5.91 Å². The summed E-state index contributed by atoms with van der Waals surface area (Å²) in [4.78, 5) is 20.5. The molecule has 0 spiro atoms. The van der Waals surface area contributed by atoms with E-state index in [1.807, 2.05) is 24.3 Å². The third-order valence-corrected chi connectivity index (χ3v) is 3.69. The number of amides is 1. The van der Waals surface area contributed by atoms with Crippen LogP contribution in [0.3, 0.4) is 0 Å². The predicted octanol–water partition coefficient (Wildman–Crippen LogP) is 2.69. The van der Waals surface area contributed by atoms with Crippen molar-refractivity contribution in [1.29, 1.82) is 0 Å². The molecule has 0 radical (unpaired) electrons. The lowest BCUT2D eigenvalue weighted by Crippen LogP contribution is -2.24. The van der Waals surface area contributed by atoms with Crippen molar-refractivity contribution in [2.45, 2.75) is 20.4 Å². The maximum atomic E-state index is 12.2. The van der Waals surface area contributed by atoms with Crippen molar-refractivity contribution < 1.29 is 14.1 Å². The Hall–Kier alpha value is -3.22. The van der Waals surface area contributed by atoms with Crippen LogP contribution in [0.4, 0.5) is 0 Å². The summed E-state index contributed by atoms with van der Waals surface area (Å²) in [5.41, 5.74) is 2.56. The lowest BCUT2D eigenvalue weighted by atomic mass is 10.1. The fourth-order valence-corrected chi connectivity index (χ4v) is 2.38. The zero-order valence-electron chi connectivity index (χ0n) is 14.2. The third-order valence-electron chi connectivity index (χ3n) is 3.69. The van der Waals surface area contributed by atoms with Crippen molar-refractivity contribution in [2.75, 3.05) is 7.11 Å². The van der Waals surface area contributed by atoms with Crippen LogP contribution in [0.25, 0.3) is 11.3 Å². The van der Waals surface area contributed by atoms with E-state index < -0.39 is 0 Å². The van der Waals surface area contributed by atoms with E-state index in [2.05, 4.69) is 20.4 Å². The number of rotatable bonds is 5. The molecule has 0 aliphatic heterocycles. The van der Waals surface area contributed by atoms with Crippen molar-refractivity contribution in [3.05, 3.63) is 59.3 Å².